The van der Waals surface area contributed by atoms with Crippen molar-refractivity contribution < 1.29 is 39.6 Å². The number of fused-ring (bicyclic) bond motifs is 3. The van der Waals surface area contributed by atoms with Crippen LogP contribution in [0.3, 0.4) is 0 Å². The highest BCUT2D eigenvalue weighted by Gasteiger charge is 2.50. The average molecular weight is 559 g/mol. The Morgan fingerprint density at radius 1 is 1.16 bits per heavy atom. The van der Waals surface area contributed by atoms with E-state index in [-0.39, 0.29) is 30.3 Å². The number of nitrogens with one attached hydrogen (secondary N) is 2. The highest BCUT2D eigenvalue weighted by molar-refractivity contribution is 7.99. The monoisotopic (exact) mass is 558 g/mol. The summed E-state index contributed by atoms with van der Waals surface area (Å²) in [5, 5.41) is 42.1. The average Bonchev–Trinajstić information content (AvgIpc) is 3.28. The zero-order valence-corrected chi connectivity index (χ0v) is 23.5. The van der Waals surface area contributed by atoms with Crippen LogP contribution >= 0.6 is 11.8 Å². The van der Waals surface area contributed by atoms with E-state index in [1.165, 1.54) is 11.8 Å². The third-order valence-electron chi connectivity index (χ3n) is 8.24. The first-order valence-corrected chi connectivity index (χ1v) is 15.0. The first-order valence-electron chi connectivity index (χ1n) is 13.9. The van der Waals surface area contributed by atoms with Crippen molar-refractivity contribution in [1.82, 2.24) is 10.8 Å². The molecule has 3 heterocycles. The van der Waals surface area contributed by atoms with Crippen molar-refractivity contribution in [3.63, 3.8) is 0 Å². The van der Waals surface area contributed by atoms with Crippen molar-refractivity contribution in [2.45, 2.75) is 101 Å². The van der Waals surface area contributed by atoms with Crippen LogP contribution in [0.4, 0.5) is 0 Å². The van der Waals surface area contributed by atoms with Gasteiger partial charge >= 0.3 is 0 Å². The summed E-state index contributed by atoms with van der Waals surface area (Å²) in [5.41, 5.74) is 2.42. The number of hydrogen-bond acceptors (Lipinski definition) is 9. The fourth-order valence-electron chi connectivity index (χ4n) is 6.34. The molecular weight excluding hydrogens is 512 g/mol. The second-order valence-corrected chi connectivity index (χ2v) is 12.6. The van der Waals surface area contributed by atoms with Crippen molar-refractivity contribution in [3.8, 4) is 0 Å². The lowest BCUT2D eigenvalue weighted by molar-refractivity contribution is -0.207. The lowest BCUT2D eigenvalue weighted by Gasteiger charge is -2.44. The van der Waals surface area contributed by atoms with Crippen LogP contribution in [0.1, 0.15) is 59.3 Å². The van der Waals surface area contributed by atoms with Crippen molar-refractivity contribution >= 4 is 24.1 Å². The minimum Gasteiger partial charge on any atom is -0.483 e. The Labute approximate surface area is 229 Å². The predicted octanol–water partition coefficient (Wildman–Crippen LogP) is 1.68. The molecule has 4 rings (SSSR count). The molecule has 38 heavy (non-hydrogen) atoms. The van der Waals surface area contributed by atoms with E-state index in [4.69, 9.17) is 19.5 Å². The molecule has 1 amide bonds. The summed E-state index contributed by atoms with van der Waals surface area (Å²) in [4.78, 5) is 28.1. The molecular formula is C27H46N2O8S. The van der Waals surface area contributed by atoms with Gasteiger partial charge in [-0.1, -0.05) is 39.3 Å². The summed E-state index contributed by atoms with van der Waals surface area (Å²) in [6.07, 6.45) is 5.15. The Hall–Kier alpha value is -1.21. The maximum atomic E-state index is 13.8. The summed E-state index contributed by atoms with van der Waals surface area (Å²) < 4.78 is 6.17. The molecule has 1 unspecified atom stereocenters. The SMILES string of the molecule is CC(C)C[C@@H]1CCC[C@H](C(=O)N[C@H]2[C@H]3O[C@H](SCCC/C=C/[C@@H]2C)[C@H](O)[C@@H](O)[C@H]3O)[C@@H]2ONCC12.O=CO. The number of carbonyl (C=O) groups is 2. The molecule has 2 bridgehead atoms. The van der Waals surface area contributed by atoms with E-state index >= 15 is 0 Å². The largest absolute Gasteiger partial charge is 0.483 e. The second kappa shape index (κ2) is 15.0. The third-order valence-corrected chi connectivity index (χ3v) is 9.48. The van der Waals surface area contributed by atoms with E-state index in [2.05, 4.69) is 36.8 Å². The Kier molecular flexibility index (Phi) is 12.3. The Morgan fingerprint density at radius 2 is 1.89 bits per heavy atom. The van der Waals surface area contributed by atoms with E-state index in [1.807, 2.05) is 6.92 Å². The molecule has 1 aliphatic carbocycles. The fourth-order valence-corrected chi connectivity index (χ4v) is 7.47. The van der Waals surface area contributed by atoms with Gasteiger partial charge in [0.05, 0.1) is 18.1 Å². The first kappa shape index (κ1) is 31.3. The van der Waals surface area contributed by atoms with E-state index in [0.717, 1.165) is 50.8 Å². The molecule has 218 valence electrons. The summed E-state index contributed by atoms with van der Waals surface area (Å²) >= 11 is 1.45. The number of amides is 1. The zero-order valence-electron chi connectivity index (χ0n) is 22.6. The van der Waals surface area contributed by atoms with Gasteiger partial charge < -0.3 is 30.5 Å². The minimum absolute atomic E-state index is 0.0883. The second-order valence-electron chi connectivity index (χ2n) is 11.4. The number of rotatable bonds is 4. The van der Waals surface area contributed by atoms with Crippen LogP contribution in [0.15, 0.2) is 12.2 Å². The smallest absolute Gasteiger partial charge is 0.290 e. The van der Waals surface area contributed by atoms with E-state index < -0.39 is 35.9 Å². The Bertz CT molecular complexity index is 786. The third kappa shape index (κ3) is 7.71. The predicted molar refractivity (Wildman–Crippen MR) is 144 cm³/mol. The van der Waals surface area contributed by atoms with Gasteiger partial charge in [0.2, 0.25) is 5.91 Å². The number of hydrogen-bond donors (Lipinski definition) is 6. The normalized spacial score (nSPS) is 42.4. The molecule has 1 saturated carbocycles. The molecule has 6 N–H and O–H groups in total. The number of ether oxygens (including phenoxy) is 1. The molecule has 11 heteroatoms. The van der Waals surface area contributed by atoms with Crippen LogP contribution in [-0.4, -0.2) is 87.1 Å². The number of allylic oxidation sites excluding steroid dienone is 1. The van der Waals surface area contributed by atoms with Crippen LogP contribution in [0.25, 0.3) is 0 Å². The van der Waals surface area contributed by atoms with E-state index in [1.54, 1.807) is 0 Å². The maximum Gasteiger partial charge on any atom is 0.290 e. The number of carbonyl (C=O) groups excluding carboxylic acids is 1. The molecule has 2 saturated heterocycles. The molecule has 11 atom stereocenters. The minimum atomic E-state index is -1.33. The van der Waals surface area contributed by atoms with Gasteiger partial charge in [0, 0.05) is 12.5 Å². The highest BCUT2D eigenvalue weighted by Crippen LogP contribution is 2.40. The van der Waals surface area contributed by atoms with Crippen LogP contribution in [-0.2, 0) is 19.2 Å². The molecule has 0 aromatic heterocycles. The van der Waals surface area contributed by atoms with Gasteiger partial charge in [0.15, 0.2) is 0 Å². The molecule has 4 aliphatic rings. The highest BCUT2D eigenvalue weighted by atomic mass is 32.2. The van der Waals surface area contributed by atoms with Crippen molar-refractivity contribution in [3.05, 3.63) is 12.2 Å². The van der Waals surface area contributed by atoms with Crippen LogP contribution < -0.4 is 10.8 Å². The molecule has 0 spiro atoms. The number of hydroxylamine groups is 1. The van der Waals surface area contributed by atoms with Gasteiger partial charge in [-0.25, -0.2) is 5.48 Å². The van der Waals surface area contributed by atoms with Crippen molar-refractivity contribution in [2.75, 3.05) is 12.3 Å². The van der Waals surface area contributed by atoms with Gasteiger partial charge in [0.1, 0.15) is 29.9 Å². The molecule has 3 fully saturated rings. The fraction of sp³-hybridized carbons (Fsp3) is 0.852. The van der Waals surface area contributed by atoms with Gasteiger partial charge in [-0.15, -0.1) is 11.8 Å². The van der Waals surface area contributed by atoms with Gasteiger partial charge in [-0.2, -0.15) is 0 Å². The lowest BCUT2D eigenvalue weighted by atomic mass is 9.79. The van der Waals surface area contributed by atoms with Crippen molar-refractivity contribution in [2.24, 2.45) is 29.6 Å². The van der Waals surface area contributed by atoms with E-state index in [0.29, 0.717) is 17.8 Å². The lowest BCUT2D eigenvalue weighted by Crippen LogP contribution is -2.64. The van der Waals surface area contributed by atoms with Crippen LogP contribution in [0.5, 0.6) is 0 Å². The number of aliphatic hydroxyl groups is 3. The number of aliphatic hydroxyl groups excluding tert-OH is 3. The topological polar surface area (TPSA) is 158 Å². The maximum absolute atomic E-state index is 13.8. The zero-order chi connectivity index (χ0) is 27.8. The van der Waals surface area contributed by atoms with Crippen LogP contribution in [0, 0.1) is 29.6 Å². The molecule has 10 nitrogen and oxygen atoms in total. The summed E-state index contributed by atoms with van der Waals surface area (Å²) in [6, 6.07) is -0.542. The van der Waals surface area contributed by atoms with Crippen molar-refractivity contribution in [1.29, 1.82) is 0 Å². The number of thioether (sulfide) groups is 1. The molecule has 0 aromatic rings. The van der Waals surface area contributed by atoms with Gasteiger partial charge in [0.25, 0.3) is 6.47 Å². The standard InChI is InChI=1S/C26H44N2O6S.CH2O2/c1-14(2)12-16-9-7-10-17(23-18(16)13-27-34-23)25(32)28-19-15(3)8-5-4-6-11-35-26-22(31)20(29)21(30)24(19)33-26;2-1-3/h5,8,14-24,26-27,29-31H,4,6-7,9-13H2,1-3H3,(H,28,32);1H,(H,2,3)/b8-5+;/t15-,16-,17-,18?,19+,20-,21+,22+,23-,24+,26+;/m0./s1. The Balaban J connectivity index is 0.00000127. The Morgan fingerprint density at radius 3 is 2.61 bits per heavy atom. The summed E-state index contributed by atoms with van der Waals surface area (Å²) in [5.74, 6) is 1.71. The summed E-state index contributed by atoms with van der Waals surface area (Å²) in [6.45, 7) is 7.01. The molecule has 0 radical (unpaired) electrons. The van der Waals surface area contributed by atoms with Gasteiger partial charge in [-0.3, -0.25) is 14.4 Å². The quantitative estimate of drug-likeness (QED) is 0.222. The molecule has 0 aromatic carbocycles. The van der Waals surface area contributed by atoms with Gasteiger partial charge in [-0.05, 0) is 55.6 Å². The van der Waals surface area contributed by atoms with Crippen LogP contribution in [0.2, 0.25) is 0 Å². The number of carboxylic acid groups (broad SMARTS) is 1. The summed E-state index contributed by atoms with van der Waals surface area (Å²) in [7, 11) is 0. The van der Waals surface area contributed by atoms with E-state index in [9.17, 15) is 20.1 Å². The first-order chi connectivity index (χ1) is 18.2. The molecule has 3 aliphatic heterocycles.